The van der Waals surface area contributed by atoms with Gasteiger partial charge in [0.2, 0.25) is 5.91 Å². The second kappa shape index (κ2) is 7.64. The summed E-state index contributed by atoms with van der Waals surface area (Å²) in [7, 11) is 0. The van der Waals surface area contributed by atoms with Crippen LogP contribution in [0.15, 0.2) is 51.7 Å². The van der Waals surface area contributed by atoms with Crippen LogP contribution in [0, 0.1) is 17.2 Å². The minimum atomic E-state index is -0.104. The molecule has 0 aliphatic heterocycles. The fraction of sp³-hybridized carbons (Fsp3) is 0.286. The van der Waals surface area contributed by atoms with Crippen molar-refractivity contribution in [1.29, 1.82) is 5.26 Å². The molecule has 0 spiro atoms. The first kappa shape index (κ1) is 18.5. The van der Waals surface area contributed by atoms with E-state index in [1.54, 1.807) is 24.3 Å². The molecule has 1 aromatic heterocycles. The predicted octanol–water partition coefficient (Wildman–Crippen LogP) is 4.33. The van der Waals surface area contributed by atoms with Gasteiger partial charge in [0.25, 0.3) is 0 Å². The van der Waals surface area contributed by atoms with Gasteiger partial charge in [-0.15, -0.1) is 0 Å². The molecule has 2 N–H and O–H groups in total. The van der Waals surface area contributed by atoms with E-state index in [1.165, 1.54) is 0 Å². The van der Waals surface area contributed by atoms with Crippen molar-refractivity contribution in [3.05, 3.63) is 63.0 Å². The Morgan fingerprint density at radius 1 is 1.14 bits per heavy atom. The molecule has 0 bridgehead atoms. The van der Waals surface area contributed by atoms with Gasteiger partial charge < -0.3 is 10.3 Å². The molecule has 142 valence electrons. The van der Waals surface area contributed by atoms with Crippen molar-refractivity contribution in [1.82, 2.24) is 9.55 Å². The summed E-state index contributed by atoms with van der Waals surface area (Å²) in [6.07, 6.45) is 3.04. The molecule has 0 unspecified atom stereocenters. The summed E-state index contributed by atoms with van der Waals surface area (Å²) in [5.74, 6) is -0.0725. The van der Waals surface area contributed by atoms with E-state index in [0.29, 0.717) is 11.3 Å². The molecule has 0 radical (unpaired) electrons. The highest BCUT2D eigenvalue weighted by Crippen LogP contribution is 2.34. The molecule has 1 fully saturated rings. The number of fused-ring (bicyclic) bond motifs is 1. The third-order valence-electron chi connectivity index (χ3n) is 5.42. The molecule has 7 heteroatoms. The zero-order chi connectivity index (χ0) is 19.7. The normalized spacial score (nSPS) is 19.3. The van der Waals surface area contributed by atoms with Crippen molar-refractivity contribution in [2.45, 2.75) is 31.7 Å². The molecule has 6 nitrogen and oxygen atoms in total. The molecular weight excluding hydrogens is 420 g/mol. The van der Waals surface area contributed by atoms with Crippen LogP contribution in [-0.2, 0) is 4.79 Å². The molecule has 0 atom stereocenters. The van der Waals surface area contributed by atoms with E-state index in [4.69, 9.17) is 5.26 Å². The first-order valence-electron chi connectivity index (χ1n) is 9.26. The van der Waals surface area contributed by atoms with E-state index in [0.717, 1.165) is 41.2 Å². The maximum atomic E-state index is 12.6. The fourth-order valence-electron chi connectivity index (χ4n) is 3.94. The van der Waals surface area contributed by atoms with Crippen LogP contribution in [0.1, 0.15) is 37.3 Å². The van der Waals surface area contributed by atoms with Gasteiger partial charge in [0.1, 0.15) is 0 Å². The number of benzene rings is 2. The number of aromatic amines is 1. The van der Waals surface area contributed by atoms with Gasteiger partial charge in [-0.1, -0.05) is 6.07 Å². The monoisotopic (exact) mass is 438 g/mol. The number of nitriles is 1. The summed E-state index contributed by atoms with van der Waals surface area (Å²) in [5, 5.41) is 11.8. The number of nitrogens with zero attached hydrogens (tertiary/aromatic N) is 2. The van der Waals surface area contributed by atoms with Crippen molar-refractivity contribution >= 4 is 38.6 Å². The lowest BCUT2D eigenvalue weighted by Gasteiger charge is -2.28. The molecular formula is C21H19BrN4O2. The van der Waals surface area contributed by atoms with Gasteiger partial charge >= 0.3 is 5.69 Å². The molecule has 28 heavy (non-hydrogen) atoms. The lowest BCUT2D eigenvalue weighted by molar-refractivity contribution is -0.121. The second-order valence-corrected chi connectivity index (χ2v) is 7.97. The van der Waals surface area contributed by atoms with E-state index in [1.807, 2.05) is 22.8 Å². The molecule has 2 aromatic carbocycles. The number of hydrogen-bond donors (Lipinski definition) is 2. The zero-order valence-corrected chi connectivity index (χ0v) is 16.7. The topological polar surface area (TPSA) is 90.7 Å². The molecule has 1 saturated carbocycles. The first-order chi connectivity index (χ1) is 13.6. The average Bonchev–Trinajstić information content (AvgIpc) is 3.06. The first-order valence-corrected chi connectivity index (χ1v) is 10.1. The van der Waals surface area contributed by atoms with E-state index in [9.17, 15) is 9.59 Å². The van der Waals surface area contributed by atoms with Gasteiger partial charge in [-0.2, -0.15) is 5.26 Å². The average molecular weight is 439 g/mol. The van der Waals surface area contributed by atoms with Gasteiger partial charge in [0, 0.05) is 22.1 Å². The van der Waals surface area contributed by atoms with Crippen LogP contribution < -0.4 is 11.0 Å². The maximum absolute atomic E-state index is 12.6. The van der Waals surface area contributed by atoms with Gasteiger partial charge in [-0.05, 0) is 78.0 Å². The van der Waals surface area contributed by atoms with Crippen LogP contribution in [0.4, 0.5) is 5.69 Å². The maximum Gasteiger partial charge on any atom is 0.326 e. The number of H-pyrrole nitrogens is 1. The van der Waals surface area contributed by atoms with Crippen LogP contribution in [0.5, 0.6) is 0 Å². The number of imidazole rings is 1. The minimum Gasteiger partial charge on any atom is -0.326 e. The quantitative estimate of drug-likeness (QED) is 0.637. The Hall–Kier alpha value is -2.85. The number of rotatable bonds is 3. The summed E-state index contributed by atoms with van der Waals surface area (Å²) >= 11 is 3.48. The molecule has 1 aliphatic rings. The highest BCUT2D eigenvalue weighted by Gasteiger charge is 2.29. The Labute approximate surface area is 170 Å². The third-order valence-corrected chi connectivity index (χ3v) is 6.08. The number of nitrogens with one attached hydrogen (secondary N) is 2. The summed E-state index contributed by atoms with van der Waals surface area (Å²) in [6, 6.07) is 14.8. The molecule has 4 rings (SSSR count). The largest absolute Gasteiger partial charge is 0.326 e. The van der Waals surface area contributed by atoms with Gasteiger partial charge in [-0.25, -0.2) is 4.79 Å². The summed E-state index contributed by atoms with van der Waals surface area (Å²) < 4.78 is 2.70. The van der Waals surface area contributed by atoms with Crippen LogP contribution >= 0.6 is 15.9 Å². The lowest BCUT2D eigenvalue weighted by Crippen LogP contribution is -2.31. The van der Waals surface area contributed by atoms with Crippen molar-refractivity contribution in [3.63, 3.8) is 0 Å². The number of para-hydroxylation sites is 1. The van der Waals surface area contributed by atoms with Crippen LogP contribution in [-0.4, -0.2) is 15.5 Å². The van der Waals surface area contributed by atoms with Gasteiger partial charge in [-0.3, -0.25) is 9.36 Å². The van der Waals surface area contributed by atoms with E-state index in [2.05, 4.69) is 32.3 Å². The zero-order valence-electron chi connectivity index (χ0n) is 15.1. The number of anilines is 1. The fourth-order valence-corrected chi connectivity index (χ4v) is 4.40. The lowest BCUT2D eigenvalue weighted by atomic mass is 9.85. The van der Waals surface area contributed by atoms with E-state index >= 15 is 0 Å². The summed E-state index contributed by atoms with van der Waals surface area (Å²) in [6.45, 7) is 0. The Morgan fingerprint density at radius 3 is 2.54 bits per heavy atom. The molecule has 1 amide bonds. The van der Waals surface area contributed by atoms with E-state index < -0.39 is 0 Å². The third kappa shape index (κ3) is 3.48. The number of halogens is 1. The highest BCUT2D eigenvalue weighted by molar-refractivity contribution is 9.10. The standard InChI is InChI=1S/C21H19BrN4O2/c22-17-2-1-3-18-19(17)25-21(28)26(18)16-10-6-14(7-11-16)20(27)24-15-8-4-13(12-23)5-9-15/h1-5,8-9,14,16H,6-7,10-11H2,(H,24,27)(H,25,28). The van der Waals surface area contributed by atoms with Crippen molar-refractivity contribution in [2.75, 3.05) is 5.32 Å². The SMILES string of the molecule is N#Cc1ccc(NC(=O)C2CCC(n3c(=O)[nH]c4c(Br)cccc43)CC2)cc1. The number of hydrogen-bond acceptors (Lipinski definition) is 3. The molecule has 3 aromatic rings. The second-order valence-electron chi connectivity index (χ2n) is 7.12. The number of amides is 1. The Bertz CT molecular complexity index is 1120. The highest BCUT2D eigenvalue weighted by atomic mass is 79.9. The van der Waals surface area contributed by atoms with Crippen LogP contribution in [0.3, 0.4) is 0 Å². The summed E-state index contributed by atoms with van der Waals surface area (Å²) in [5.41, 5.74) is 2.86. The molecule has 0 saturated heterocycles. The molecule has 1 heterocycles. The number of carbonyl (C=O) groups is 1. The van der Waals surface area contributed by atoms with Crippen LogP contribution in [0.25, 0.3) is 11.0 Å². The van der Waals surface area contributed by atoms with Crippen molar-refractivity contribution < 1.29 is 4.79 Å². The Morgan fingerprint density at radius 2 is 1.86 bits per heavy atom. The van der Waals surface area contributed by atoms with Gasteiger partial charge in [0.15, 0.2) is 0 Å². The summed E-state index contributed by atoms with van der Waals surface area (Å²) in [4.78, 5) is 28.0. The molecule has 1 aliphatic carbocycles. The minimum absolute atomic E-state index is 0.00262. The van der Waals surface area contributed by atoms with Crippen LogP contribution in [0.2, 0.25) is 0 Å². The van der Waals surface area contributed by atoms with Crippen molar-refractivity contribution in [2.24, 2.45) is 5.92 Å². The van der Waals surface area contributed by atoms with Crippen molar-refractivity contribution in [3.8, 4) is 6.07 Å². The number of aromatic nitrogens is 2. The Kier molecular flexibility index (Phi) is 5.05. The van der Waals surface area contributed by atoms with Gasteiger partial charge in [0.05, 0.1) is 22.7 Å². The predicted molar refractivity (Wildman–Crippen MR) is 111 cm³/mol. The van der Waals surface area contributed by atoms with E-state index in [-0.39, 0.29) is 23.6 Å². The number of carbonyl (C=O) groups excluding carboxylic acids is 1. The Balaban J connectivity index is 1.44. The smallest absolute Gasteiger partial charge is 0.326 e.